The molecule has 0 saturated heterocycles. The third-order valence-electron chi connectivity index (χ3n) is 3.07. The summed E-state index contributed by atoms with van der Waals surface area (Å²) in [5.41, 5.74) is 5.17. The summed E-state index contributed by atoms with van der Waals surface area (Å²) in [4.78, 5) is 13.2. The zero-order valence-electron chi connectivity index (χ0n) is 11.9. The fourth-order valence-electron chi connectivity index (χ4n) is 1.80. The predicted molar refractivity (Wildman–Crippen MR) is 79.2 cm³/mol. The van der Waals surface area contributed by atoms with Gasteiger partial charge in [0, 0.05) is 35.6 Å². The van der Waals surface area contributed by atoms with Crippen molar-refractivity contribution in [3.8, 4) is 0 Å². The third-order valence-corrected chi connectivity index (χ3v) is 3.07. The summed E-state index contributed by atoms with van der Waals surface area (Å²) >= 11 is 0. The number of hydrogen-bond donors (Lipinski definition) is 0. The lowest BCUT2D eigenvalue weighted by molar-refractivity contribution is 0.822. The van der Waals surface area contributed by atoms with E-state index in [1.165, 1.54) is 0 Å². The quantitative estimate of drug-likeness (QED) is 0.774. The Bertz CT molecular complexity index is 583. The van der Waals surface area contributed by atoms with Gasteiger partial charge in [0.2, 0.25) is 0 Å². The predicted octanol–water partition coefficient (Wildman–Crippen LogP) is 4.05. The van der Waals surface area contributed by atoms with Gasteiger partial charge >= 0.3 is 0 Å². The molecule has 0 radical (unpaired) electrons. The lowest BCUT2D eigenvalue weighted by Gasteiger charge is -2.06. The van der Waals surface area contributed by atoms with E-state index in [0.29, 0.717) is 5.92 Å². The summed E-state index contributed by atoms with van der Waals surface area (Å²) in [6, 6.07) is 6.07. The second-order valence-corrected chi connectivity index (χ2v) is 4.99. The Morgan fingerprint density at radius 2 is 1.95 bits per heavy atom. The summed E-state index contributed by atoms with van der Waals surface area (Å²) < 4.78 is 0. The molecule has 0 atom stereocenters. The molecule has 2 aromatic heterocycles. The highest BCUT2D eigenvalue weighted by molar-refractivity contribution is 6.00. The molecule has 2 rings (SSSR count). The second kappa shape index (κ2) is 5.74. The zero-order valence-corrected chi connectivity index (χ0v) is 11.9. The van der Waals surface area contributed by atoms with Gasteiger partial charge in [-0.25, -0.2) is 0 Å². The lowest BCUT2D eigenvalue weighted by Crippen LogP contribution is -1.98. The molecule has 19 heavy (non-hydrogen) atoms. The maximum Gasteiger partial charge on any atom is 0.0692 e. The molecule has 2 aromatic rings. The van der Waals surface area contributed by atoms with Crippen molar-refractivity contribution in [3.05, 3.63) is 53.6 Å². The van der Waals surface area contributed by atoms with E-state index in [-0.39, 0.29) is 0 Å². The molecule has 2 heterocycles. The van der Waals surface area contributed by atoms with Crippen molar-refractivity contribution < 1.29 is 0 Å². The average molecular weight is 253 g/mol. The van der Waals surface area contributed by atoms with Crippen LogP contribution in [-0.2, 0) is 0 Å². The van der Waals surface area contributed by atoms with Gasteiger partial charge in [0.25, 0.3) is 0 Å². The number of aryl methyl sites for hydroxylation is 1. The van der Waals surface area contributed by atoms with Crippen LogP contribution in [0.5, 0.6) is 0 Å². The lowest BCUT2D eigenvalue weighted by atomic mass is 10.1. The summed E-state index contributed by atoms with van der Waals surface area (Å²) in [7, 11) is 0. The molecule has 98 valence electrons. The highest BCUT2D eigenvalue weighted by Crippen LogP contribution is 2.18. The molecule has 3 heteroatoms. The van der Waals surface area contributed by atoms with Crippen molar-refractivity contribution in [2.24, 2.45) is 4.99 Å². The van der Waals surface area contributed by atoms with Gasteiger partial charge in [0.05, 0.1) is 5.69 Å². The number of aliphatic imine (C=N–C) groups is 1. The van der Waals surface area contributed by atoms with Crippen LogP contribution in [0.4, 0.5) is 5.69 Å². The molecule has 0 aliphatic rings. The molecule has 0 amide bonds. The fraction of sp³-hybridized carbons (Fsp3) is 0.312. The number of hydrogen-bond acceptors (Lipinski definition) is 3. The zero-order chi connectivity index (χ0) is 13.8. The number of rotatable bonds is 3. The van der Waals surface area contributed by atoms with Gasteiger partial charge in [0.1, 0.15) is 0 Å². The first kappa shape index (κ1) is 13.4. The van der Waals surface area contributed by atoms with Crippen LogP contribution >= 0.6 is 0 Å². The van der Waals surface area contributed by atoms with Crippen LogP contribution < -0.4 is 0 Å². The molecule has 0 saturated carbocycles. The van der Waals surface area contributed by atoms with Crippen molar-refractivity contribution in [3.63, 3.8) is 0 Å². The highest BCUT2D eigenvalue weighted by Gasteiger charge is 2.03. The average Bonchev–Trinajstić information content (AvgIpc) is 2.41. The molecule has 0 aliphatic carbocycles. The third kappa shape index (κ3) is 3.25. The molecule has 0 unspecified atom stereocenters. The van der Waals surface area contributed by atoms with E-state index in [4.69, 9.17) is 0 Å². The minimum absolute atomic E-state index is 0.453. The molecular weight excluding hydrogens is 234 g/mol. The number of pyridine rings is 2. The van der Waals surface area contributed by atoms with Crippen LogP contribution in [0.25, 0.3) is 0 Å². The van der Waals surface area contributed by atoms with Crippen molar-refractivity contribution in [2.75, 3.05) is 0 Å². The van der Waals surface area contributed by atoms with Crippen molar-refractivity contribution in [2.45, 2.75) is 33.6 Å². The van der Waals surface area contributed by atoms with E-state index >= 15 is 0 Å². The molecule has 0 N–H and O–H groups in total. The number of nitrogens with zero attached hydrogens (tertiary/aromatic N) is 3. The first-order chi connectivity index (χ1) is 9.08. The van der Waals surface area contributed by atoms with Gasteiger partial charge in [-0.1, -0.05) is 13.8 Å². The summed E-state index contributed by atoms with van der Waals surface area (Å²) in [5.74, 6) is 0.453. The molecular formula is C16H19N3. The Morgan fingerprint density at radius 1 is 1.16 bits per heavy atom. The molecule has 0 aromatic carbocycles. The molecule has 0 aliphatic heterocycles. The molecule has 0 spiro atoms. The Labute approximate surface area is 114 Å². The van der Waals surface area contributed by atoms with E-state index in [1.807, 2.05) is 32.3 Å². The van der Waals surface area contributed by atoms with Gasteiger partial charge < -0.3 is 0 Å². The minimum Gasteiger partial charge on any atom is -0.264 e. The van der Waals surface area contributed by atoms with Crippen LogP contribution in [0, 0.1) is 6.92 Å². The van der Waals surface area contributed by atoms with Gasteiger partial charge in [-0.2, -0.15) is 0 Å². The van der Waals surface area contributed by atoms with Crippen LogP contribution in [0.15, 0.2) is 41.8 Å². The van der Waals surface area contributed by atoms with Crippen LogP contribution in [0.2, 0.25) is 0 Å². The Morgan fingerprint density at radius 3 is 2.53 bits per heavy atom. The summed E-state index contributed by atoms with van der Waals surface area (Å²) in [5, 5.41) is 0. The maximum atomic E-state index is 4.64. The largest absolute Gasteiger partial charge is 0.264 e. The monoisotopic (exact) mass is 253 g/mol. The fourth-order valence-corrected chi connectivity index (χ4v) is 1.80. The van der Waals surface area contributed by atoms with E-state index in [9.17, 15) is 0 Å². The SMILES string of the molecule is CC(=Nc1ccncc1C)c1ccc(C(C)C)nc1. The Hall–Kier alpha value is -2.03. The van der Waals surface area contributed by atoms with Crippen LogP contribution in [-0.4, -0.2) is 15.7 Å². The summed E-state index contributed by atoms with van der Waals surface area (Å²) in [6.07, 6.45) is 5.48. The standard InChI is InChI=1S/C16H19N3/c1-11(2)15-6-5-14(10-18-15)13(4)19-16-7-8-17-9-12(16)3/h5-11H,1-4H3. The topological polar surface area (TPSA) is 38.1 Å². The number of aromatic nitrogens is 2. The van der Waals surface area contributed by atoms with Gasteiger partial charge in [-0.05, 0) is 43.5 Å². The minimum atomic E-state index is 0.453. The van der Waals surface area contributed by atoms with Crippen LogP contribution in [0.3, 0.4) is 0 Å². The van der Waals surface area contributed by atoms with Crippen molar-refractivity contribution in [1.82, 2.24) is 9.97 Å². The molecule has 0 bridgehead atoms. The maximum absolute atomic E-state index is 4.64. The smallest absolute Gasteiger partial charge is 0.0692 e. The first-order valence-electron chi connectivity index (χ1n) is 6.50. The van der Waals surface area contributed by atoms with Gasteiger partial charge in [-0.3, -0.25) is 15.0 Å². The van der Waals surface area contributed by atoms with Gasteiger partial charge in [-0.15, -0.1) is 0 Å². The van der Waals surface area contributed by atoms with E-state index in [0.717, 1.165) is 28.2 Å². The van der Waals surface area contributed by atoms with E-state index < -0.39 is 0 Å². The normalized spacial score (nSPS) is 11.9. The first-order valence-corrected chi connectivity index (χ1v) is 6.50. The summed E-state index contributed by atoms with van der Waals surface area (Å²) in [6.45, 7) is 8.30. The van der Waals surface area contributed by atoms with Crippen molar-refractivity contribution >= 4 is 11.4 Å². The molecule has 3 nitrogen and oxygen atoms in total. The Kier molecular flexibility index (Phi) is 4.05. The second-order valence-electron chi connectivity index (χ2n) is 4.99. The van der Waals surface area contributed by atoms with Crippen LogP contribution in [0.1, 0.15) is 43.5 Å². The molecule has 0 fully saturated rings. The van der Waals surface area contributed by atoms with Crippen molar-refractivity contribution in [1.29, 1.82) is 0 Å². The Balaban J connectivity index is 2.29. The van der Waals surface area contributed by atoms with Gasteiger partial charge in [0.15, 0.2) is 0 Å². The highest BCUT2D eigenvalue weighted by atomic mass is 14.8. The van der Waals surface area contributed by atoms with E-state index in [1.54, 1.807) is 6.20 Å². The van der Waals surface area contributed by atoms with E-state index in [2.05, 4.69) is 40.9 Å².